The van der Waals surface area contributed by atoms with Crippen molar-refractivity contribution in [2.24, 2.45) is 0 Å². The largest absolute Gasteiger partial charge is 0.493 e. The summed E-state index contributed by atoms with van der Waals surface area (Å²) in [6.07, 6.45) is 4.59. The number of nitrogens with zero attached hydrogens (tertiary/aromatic N) is 2. The van der Waals surface area contributed by atoms with E-state index in [2.05, 4.69) is 4.98 Å². The lowest BCUT2D eigenvalue weighted by Gasteiger charge is -2.06. The zero-order valence-corrected chi connectivity index (χ0v) is 14.7. The van der Waals surface area contributed by atoms with E-state index >= 15 is 0 Å². The van der Waals surface area contributed by atoms with Crippen molar-refractivity contribution in [3.63, 3.8) is 0 Å². The number of benzene rings is 1. The third-order valence-corrected chi connectivity index (χ3v) is 4.68. The molecule has 0 amide bonds. The fraction of sp³-hybridized carbons (Fsp3) is 0.118. The molecule has 0 aliphatic carbocycles. The number of carboxylic acid groups (broad SMARTS) is 1. The van der Waals surface area contributed by atoms with Crippen molar-refractivity contribution in [1.29, 1.82) is 0 Å². The molecule has 25 heavy (non-hydrogen) atoms. The van der Waals surface area contributed by atoms with Gasteiger partial charge in [0.2, 0.25) is 0 Å². The van der Waals surface area contributed by atoms with E-state index in [1.165, 1.54) is 6.20 Å². The molecular formula is C17H13ClN2O4S. The summed E-state index contributed by atoms with van der Waals surface area (Å²) in [5.41, 5.74) is 0.588. The highest BCUT2D eigenvalue weighted by atomic mass is 35.5. The summed E-state index contributed by atoms with van der Waals surface area (Å²) in [4.78, 5) is 28.0. The Hall–Kier alpha value is -2.64. The number of fused-ring (bicyclic) bond motifs is 1. The topological polar surface area (TPSA) is 80.9 Å². The van der Waals surface area contributed by atoms with Gasteiger partial charge in [0.15, 0.2) is 4.96 Å². The van der Waals surface area contributed by atoms with Crippen molar-refractivity contribution in [2.75, 3.05) is 6.61 Å². The van der Waals surface area contributed by atoms with Gasteiger partial charge in [-0.05, 0) is 25.1 Å². The van der Waals surface area contributed by atoms with Crippen LogP contribution in [0.4, 0.5) is 0 Å². The van der Waals surface area contributed by atoms with Crippen LogP contribution in [0.15, 0.2) is 35.3 Å². The van der Waals surface area contributed by atoms with Crippen molar-refractivity contribution in [3.8, 4) is 5.75 Å². The van der Waals surface area contributed by atoms with E-state index in [4.69, 9.17) is 21.4 Å². The van der Waals surface area contributed by atoms with Gasteiger partial charge >= 0.3 is 5.97 Å². The number of rotatable bonds is 5. The summed E-state index contributed by atoms with van der Waals surface area (Å²) in [5, 5.41) is 8.98. The van der Waals surface area contributed by atoms with Gasteiger partial charge < -0.3 is 9.84 Å². The second-order valence-electron chi connectivity index (χ2n) is 4.97. The summed E-state index contributed by atoms with van der Waals surface area (Å²) in [7, 11) is 0. The second-order valence-corrected chi connectivity index (χ2v) is 6.36. The number of carboxylic acids is 1. The summed E-state index contributed by atoms with van der Waals surface area (Å²) >= 11 is 7.02. The van der Waals surface area contributed by atoms with Crippen LogP contribution in [-0.2, 0) is 0 Å². The third kappa shape index (κ3) is 3.42. The summed E-state index contributed by atoms with van der Waals surface area (Å²) in [5.74, 6) is -0.409. The van der Waals surface area contributed by atoms with Gasteiger partial charge in [0.05, 0.1) is 12.3 Å². The predicted molar refractivity (Wildman–Crippen MR) is 97.8 cm³/mol. The molecule has 128 valence electrons. The lowest BCUT2D eigenvalue weighted by Crippen LogP contribution is -2.14. The number of aromatic carboxylic acids is 1. The average molecular weight is 377 g/mol. The Morgan fingerprint density at radius 3 is 2.88 bits per heavy atom. The maximum absolute atomic E-state index is 12.3. The van der Waals surface area contributed by atoms with E-state index in [-0.39, 0.29) is 20.6 Å². The molecule has 0 unspecified atom stereocenters. The molecule has 0 aliphatic heterocycles. The molecule has 2 aromatic heterocycles. The predicted octanol–water partition coefficient (Wildman–Crippen LogP) is 3.68. The minimum Gasteiger partial charge on any atom is -0.493 e. The molecule has 1 aromatic carbocycles. The minimum atomic E-state index is -1.12. The van der Waals surface area contributed by atoms with Gasteiger partial charge in [0.1, 0.15) is 15.6 Å². The van der Waals surface area contributed by atoms with E-state index in [0.717, 1.165) is 21.3 Å². The van der Waals surface area contributed by atoms with Crippen LogP contribution in [-0.4, -0.2) is 27.1 Å². The molecule has 0 saturated carbocycles. The Morgan fingerprint density at radius 1 is 1.40 bits per heavy atom. The van der Waals surface area contributed by atoms with Gasteiger partial charge in [-0.2, -0.15) is 0 Å². The number of hydrogen-bond acceptors (Lipinski definition) is 5. The fourth-order valence-electron chi connectivity index (χ4n) is 2.22. The van der Waals surface area contributed by atoms with Crippen LogP contribution in [0.3, 0.4) is 0 Å². The van der Waals surface area contributed by atoms with E-state index in [1.807, 2.05) is 31.2 Å². The van der Waals surface area contributed by atoms with Gasteiger partial charge in [-0.25, -0.2) is 9.78 Å². The van der Waals surface area contributed by atoms with Crippen LogP contribution >= 0.6 is 22.9 Å². The van der Waals surface area contributed by atoms with Crippen molar-refractivity contribution < 1.29 is 14.6 Å². The van der Waals surface area contributed by atoms with Crippen molar-refractivity contribution in [3.05, 3.63) is 62.0 Å². The highest BCUT2D eigenvalue weighted by molar-refractivity contribution is 7.18. The molecule has 0 atom stereocenters. The van der Waals surface area contributed by atoms with Crippen molar-refractivity contribution >= 4 is 46.0 Å². The molecule has 3 aromatic rings. The molecule has 8 heteroatoms. The smallest absolute Gasteiger partial charge is 0.347 e. The van der Waals surface area contributed by atoms with Crippen LogP contribution in [0.2, 0.25) is 5.02 Å². The van der Waals surface area contributed by atoms with Crippen LogP contribution in [0, 0.1) is 0 Å². The number of carbonyl (C=O) groups is 1. The molecule has 2 heterocycles. The van der Waals surface area contributed by atoms with Crippen LogP contribution in [0.5, 0.6) is 5.75 Å². The number of para-hydroxylation sites is 1. The summed E-state index contributed by atoms with van der Waals surface area (Å²) in [6.45, 7) is 2.43. The van der Waals surface area contributed by atoms with Crippen LogP contribution in [0.25, 0.3) is 17.1 Å². The first kappa shape index (κ1) is 17.2. The Labute approximate surface area is 151 Å². The van der Waals surface area contributed by atoms with E-state index < -0.39 is 11.5 Å². The molecule has 6 nitrogen and oxygen atoms in total. The van der Waals surface area contributed by atoms with Gasteiger partial charge in [-0.15, -0.1) is 0 Å². The lowest BCUT2D eigenvalue weighted by atomic mass is 10.1. The van der Waals surface area contributed by atoms with Crippen molar-refractivity contribution in [1.82, 2.24) is 9.38 Å². The first-order valence-electron chi connectivity index (χ1n) is 7.36. The molecule has 0 saturated heterocycles. The maximum Gasteiger partial charge on any atom is 0.347 e. The number of halogens is 1. The summed E-state index contributed by atoms with van der Waals surface area (Å²) in [6, 6.07) is 7.45. The van der Waals surface area contributed by atoms with Gasteiger partial charge in [-0.1, -0.05) is 41.1 Å². The quantitative estimate of drug-likeness (QED) is 0.734. The second kappa shape index (κ2) is 7.08. The highest BCUT2D eigenvalue weighted by Gasteiger charge is 2.15. The van der Waals surface area contributed by atoms with Gasteiger partial charge in [-0.3, -0.25) is 9.20 Å². The Bertz CT molecular complexity index is 1040. The molecule has 0 fully saturated rings. The van der Waals surface area contributed by atoms with Crippen LogP contribution < -0.4 is 10.3 Å². The summed E-state index contributed by atoms with van der Waals surface area (Å²) < 4.78 is 6.69. The molecule has 0 bridgehead atoms. The number of hydrogen-bond donors (Lipinski definition) is 1. The van der Waals surface area contributed by atoms with E-state index in [9.17, 15) is 9.59 Å². The Balaban J connectivity index is 2.06. The Morgan fingerprint density at radius 2 is 2.16 bits per heavy atom. The Kier molecular flexibility index (Phi) is 4.87. The van der Waals surface area contributed by atoms with Crippen LogP contribution in [0.1, 0.15) is 27.9 Å². The zero-order chi connectivity index (χ0) is 18.0. The third-order valence-electron chi connectivity index (χ3n) is 3.35. The lowest BCUT2D eigenvalue weighted by molar-refractivity contribution is 0.0701. The molecule has 0 spiro atoms. The number of thiazole rings is 1. The average Bonchev–Trinajstić information content (AvgIpc) is 3.03. The highest BCUT2D eigenvalue weighted by Crippen LogP contribution is 2.23. The first-order valence-corrected chi connectivity index (χ1v) is 8.55. The fourth-order valence-corrected chi connectivity index (χ4v) is 3.24. The number of aromatic nitrogens is 2. The maximum atomic E-state index is 12.3. The zero-order valence-electron chi connectivity index (χ0n) is 13.1. The number of ether oxygens (including phenoxy) is 1. The SMILES string of the molecule is CCOc1ccccc1C=Cc1nc2sc(C(=O)O)cn2c(=O)c1Cl. The molecular weight excluding hydrogens is 364 g/mol. The van der Waals surface area contributed by atoms with Gasteiger partial charge in [0, 0.05) is 11.8 Å². The normalized spacial score (nSPS) is 11.3. The van der Waals surface area contributed by atoms with E-state index in [0.29, 0.717) is 12.4 Å². The molecule has 3 rings (SSSR count). The molecule has 0 aliphatic rings. The molecule has 1 N–H and O–H groups in total. The van der Waals surface area contributed by atoms with Gasteiger partial charge in [0.25, 0.3) is 5.56 Å². The monoisotopic (exact) mass is 376 g/mol. The minimum absolute atomic E-state index is 0.0171. The van der Waals surface area contributed by atoms with Crippen molar-refractivity contribution in [2.45, 2.75) is 6.92 Å². The standard InChI is InChI=1S/C17H13ClN2O4S/c1-2-24-12-6-4-3-5-10(12)7-8-11-14(18)15(21)20-9-13(16(22)23)25-17(20)19-11/h3-9H,2H2,1H3,(H,22,23). The molecule has 0 radical (unpaired) electrons. The van der Waals surface area contributed by atoms with E-state index in [1.54, 1.807) is 12.2 Å². The first-order chi connectivity index (χ1) is 12.0.